The van der Waals surface area contributed by atoms with Crippen LogP contribution in [0.15, 0.2) is 0 Å². The highest BCUT2D eigenvalue weighted by atomic mass is 79.9. The molecule has 1 saturated heterocycles. The van der Waals surface area contributed by atoms with Gasteiger partial charge in [-0.15, -0.1) is 0 Å². The van der Waals surface area contributed by atoms with Crippen molar-refractivity contribution in [3.63, 3.8) is 0 Å². The van der Waals surface area contributed by atoms with Gasteiger partial charge in [-0.1, -0.05) is 15.9 Å². The topological polar surface area (TPSA) is 38.8 Å². The molecule has 2 aliphatic rings. The summed E-state index contributed by atoms with van der Waals surface area (Å²) in [4.78, 5) is 14.3. The number of morpholine rings is 1. The summed E-state index contributed by atoms with van der Waals surface area (Å²) in [6.07, 6.45) is 3.42. The molecule has 0 bridgehead atoms. The van der Waals surface area contributed by atoms with Gasteiger partial charge in [0.1, 0.15) is 0 Å². The number of ether oxygens (including phenoxy) is 2. The maximum Gasteiger partial charge on any atom is 0.223 e. The normalized spacial score (nSPS) is 35.0. The molecule has 5 heteroatoms. The summed E-state index contributed by atoms with van der Waals surface area (Å²) >= 11 is 3.44. The summed E-state index contributed by atoms with van der Waals surface area (Å²) in [5.74, 6) is 0.797. The van der Waals surface area contributed by atoms with Crippen molar-refractivity contribution in [2.24, 2.45) is 5.92 Å². The summed E-state index contributed by atoms with van der Waals surface area (Å²) in [6.45, 7) is 6.27. The van der Waals surface area contributed by atoms with Crippen LogP contribution in [-0.4, -0.2) is 54.1 Å². The summed E-state index contributed by atoms with van der Waals surface area (Å²) in [6, 6.07) is 0. The molecule has 1 heterocycles. The van der Waals surface area contributed by atoms with Crippen molar-refractivity contribution < 1.29 is 14.3 Å². The van der Waals surface area contributed by atoms with E-state index < -0.39 is 0 Å². The number of nitrogens with zero attached hydrogens (tertiary/aromatic N) is 1. The van der Waals surface area contributed by atoms with Crippen LogP contribution in [0.2, 0.25) is 0 Å². The molecule has 2 unspecified atom stereocenters. The number of alkyl halides is 1. The van der Waals surface area contributed by atoms with E-state index in [2.05, 4.69) is 15.9 Å². The SMILES string of the molecule is CCOC1CC(CC(=O)N2CC(C)OC(CBr)C2)C1. The van der Waals surface area contributed by atoms with Crippen LogP contribution in [-0.2, 0) is 14.3 Å². The van der Waals surface area contributed by atoms with E-state index >= 15 is 0 Å². The van der Waals surface area contributed by atoms with Gasteiger partial charge < -0.3 is 14.4 Å². The van der Waals surface area contributed by atoms with E-state index in [9.17, 15) is 4.79 Å². The molecule has 0 aromatic rings. The molecule has 2 atom stereocenters. The first-order valence-electron chi connectivity index (χ1n) is 7.23. The monoisotopic (exact) mass is 333 g/mol. The first-order valence-corrected chi connectivity index (χ1v) is 8.35. The largest absolute Gasteiger partial charge is 0.378 e. The Morgan fingerprint density at radius 3 is 2.79 bits per heavy atom. The summed E-state index contributed by atoms with van der Waals surface area (Å²) in [5, 5.41) is 0.789. The second-order valence-electron chi connectivity index (χ2n) is 5.64. The van der Waals surface area contributed by atoms with E-state index in [4.69, 9.17) is 9.47 Å². The Labute approximate surface area is 123 Å². The minimum Gasteiger partial charge on any atom is -0.378 e. The van der Waals surface area contributed by atoms with Gasteiger partial charge in [0.2, 0.25) is 5.91 Å². The van der Waals surface area contributed by atoms with Gasteiger partial charge in [-0.25, -0.2) is 0 Å². The quantitative estimate of drug-likeness (QED) is 0.724. The highest BCUT2D eigenvalue weighted by Crippen LogP contribution is 2.33. The van der Waals surface area contributed by atoms with Crippen LogP contribution in [0, 0.1) is 5.92 Å². The molecule has 2 fully saturated rings. The van der Waals surface area contributed by atoms with Crippen LogP contribution in [0.3, 0.4) is 0 Å². The number of carbonyl (C=O) groups excluding carboxylic acids is 1. The first kappa shape index (κ1) is 15.3. The molecule has 1 saturated carbocycles. The smallest absolute Gasteiger partial charge is 0.223 e. The lowest BCUT2D eigenvalue weighted by Crippen LogP contribution is -2.50. The average Bonchev–Trinajstić information content (AvgIpc) is 2.35. The number of carbonyl (C=O) groups is 1. The zero-order valence-corrected chi connectivity index (χ0v) is 13.4. The molecule has 2 rings (SSSR count). The lowest BCUT2D eigenvalue weighted by molar-refractivity contribution is -0.145. The van der Waals surface area contributed by atoms with Crippen molar-refractivity contribution in [3.05, 3.63) is 0 Å². The Bertz CT molecular complexity index is 307. The van der Waals surface area contributed by atoms with E-state index in [1.165, 1.54) is 0 Å². The molecular formula is C14H24BrNO3. The van der Waals surface area contributed by atoms with Crippen molar-refractivity contribution >= 4 is 21.8 Å². The molecule has 1 aliphatic heterocycles. The van der Waals surface area contributed by atoms with Gasteiger partial charge in [0.05, 0.1) is 18.3 Å². The molecule has 0 aromatic heterocycles. The molecule has 1 amide bonds. The Kier molecular flexibility index (Phi) is 5.66. The molecule has 0 N–H and O–H groups in total. The molecule has 0 spiro atoms. The summed E-state index contributed by atoms with van der Waals surface area (Å²) in [5.41, 5.74) is 0. The Hall–Kier alpha value is -0.130. The fraction of sp³-hybridized carbons (Fsp3) is 0.929. The summed E-state index contributed by atoms with van der Waals surface area (Å²) < 4.78 is 11.3. The van der Waals surface area contributed by atoms with Crippen LogP contribution in [0.1, 0.15) is 33.1 Å². The van der Waals surface area contributed by atoms with Crippen molar-refractivity contribution in [1.82, 2.24) is 4.90 Å². The van der Waals surface area contributed by atoms with Crippen LogP contribution < -0.4 is 0 Å². The lowest BCUT2D eigenvalue weighted by atomic mass is 9.79. The minimum absolute atomic E-state index is 0.130. The third-order valence-corrected chi connectivity index (χ3v) is 4.63. The van der Waals surface area contributed by atoms with Crippen LogP contribution >= 0.6 is 15.9 Å². The van der Waals surface area contributed by atoms with Gasteiger partial charge in [-0.05, 0) is 32.6 Å². The molecule has 1 aliphatic carbocycles. The molecule has 0 radical (unpaired) electrons. The summed E-state index contributed by atoms with van der Waals surface area (Å²) in [7, 11) is 0. The van der Waals surface area contributed by atoms with E-state index in [0.29, 0.717) is 18.4 Å². The van der Waals surface area contributed by atoms with Gasteiger partial charge in [0.15, 0.2) is 0 Å². The van der Waals surface area contributed by atoms with Crippen LogP contribution in [0.4, 0.5) is 0 Å². The van der Waals surface area contributed by atoms with Gasteiger partial charge in [-0.3, -0.25) is 4.79 Å². The van der Waals surface area contributed by atoms with Crippen molar-refractivity contribution in [3.8, 4) is 0 Å². The van der Waals surface area contributed by atoms with Crippen molar-refractivity contribution in [2.75, 3.05) is 25.0 Å². The predicted molar refractivity (Wildman–Crippen MR) is 77.5 cm³/mol. The third-order valence-electron chi connectivity index (χ3n) is 3.91. The maximum atomic E-state index is 12.3. The molecule has 110 valence electrons. The second-order valence-corrected chi connectivity index (χ2v) is 6.29. The zero-order chi connectivity index (χ0) is 13.8. The van der Waals surface area contributed by atoms with Gasteiger partial charge in [-0.2, -0.15) is 0 Å². The third kappa shape index (κ3) is 4.17. The Balaban J connectivity index is 1.74. The lowest BCUT2D eigenvalue weighted by Gasteiger charge is -2.39. The van der Waals surface area contributed by atoms with Crippen molar-refractivity contribution in [2.45, 2.75) is 51.4 Å². The van der Waals surface area contributed by atoms with Crippen LogP contribution in [0.25, 0.3) is 0 Å². The van der Waals surface area contributed by atoms with E-state index in [1.807, 2.05) is 18.7 Å². The number of hydrogen-bond acceptors (Lipinski definition) is 3. The molecular weight excluding hydrogens is 310 g/mol. The Morgan fingerprint density at radius 1 is 1.42 bits per heavy atom. The first-order chi connectivity index (χ1) is 9.12. The number of rotatable bonds is 5. The van der Waals surface area contributed by atoms with E-state index in [-0.39, 0.29) is 18.1 Å². The number of amides is 1. The molecule has 4 nitrogen and oxygen atoms in total. The molecule has 19 heavy (non-hydrogen) atoms. The highest BCUT2D eigenvalue weighted by molar-refractivity contribution is 9.09. The van der Waals surface area contributed by atoms with Gasteiger partial charge in [0.25, 0.3) is 0 Å². The van der Waals surface area contributed by atoms with Crippen molar-refractivity contribution in [1.29, 1.82) is 0 Å². The number of halogens is 1. The highest BCUT2D eigenvalue weighted by Gasteiger charge is 2.34. The maximum absolute atomic E-state index is 12.3. The van der Waals surface area contributed by atoms with Gasteiger partial charge >= 0.3 is 0 Å². The minimum atomic E-state index is 0.130. The van der Waals surface area contributed by atoms with E-state index in [1.54, 1.807) is 0 Å². The zero-order valence-electron chi connectivity index (χ0n) is 11.8. The molecule has 0 aromatic carbocycles. The van der Waals surface area contributed by atoms with E-state index in [0.717, 1.165) is 37.9 Å². The standard InChI is InChI=1S/C14H24BrNO3/c1-3-18-12-4-11(5-12)6-14(17)16-8-10(2)19-13(7-15)9-16/h10-13H,3-9H2,1-2H3. The van der Waals surface area contributed by atoms with Crippen LogP contribution in [0.5, 0.6) is 0 Å². The fourth-order valence-electron chi connectivity index (χ4n) is 2.92. The predicted octanol–water partition coefficient (Wildman–Crippen LogP) is 2.20. The average molecular weight is 334 g/mol. The Morgan fingerprint density at radius 2 is 2.16 bits per heavy atom. The second kappa shape index (κ2) is 7.04. The fourth-order valence-corrected chi connectivity index (χ4v) is 3.28. The van der Waals surface area contributed by atoms with Gasteiger partial charge in [0, 0.05) is 31.4 Å². The number of hydrogen-bond donors (Lipinski definition) is 0.